The Balaban J connectivity index is 1.27. The van der Waals surface area contributed by atoms with E-state index in [1.54, 1.807) is 7.11 Å². The number of amides is 1. The van der Waals surface area contributed by atoms with E-state index in [0.29, 0.717) is 62.1 Å². The fraction of sp³-hybridized carbons (Fsp3) is 0.636. The number of ketones is 1. The van der Waals surface area contributed by atoms with Crippen molar-refractivity contribution in [1.82, 2.24) is 4.90 Å². The molecule has 2 N–H and O–H groups in total. The summed E-state index contributed by atoms with van der Waals surface area (Å²) in [5.74, 6) is 2.79. The highest BCUT2D eigenvalue weighted by atomic mass is 16.6. The molecular formula is C44H59NO6. The Hall–Kier alpha value is -3.16. The molecule has 276 valence electrons. The number of benzene rings is 2. The topological polar surface area (TPSA) is 96.3 Å². The third-order valence-electron chi connectivity index (χ3n) is 13.9. The maximum atomic E-state index is 14.4. The number of methoxy groups -OCH3 is 1. The van der Waals surface area contributed by atoms with Crippen LogP contribution in [0.5, 0.6) is 5.75 Å². The molecule has 1 amide bonds. The summed E-state index contributed by atoms with van der Waals surface area (Å²) in [4.78, 5) is 30.2. The largest absolute Gasteiger partial charge is 0.497 e. The van der Waals surface area contributed by atoms with Gasteiger partial charge in [-0.05, 0) is 168 Å². The van der Waals surface area contributed by atoms with Gasteiger partial charge in [-0.15, -0.1) is 0 Å². The number of ether oxygens (including phenoxy) is 2. The lowest BCUT2D eigenvalue weighted by Crippen LogP contribution is -2.58. The Morgan fingerprint density at radius 1 is 0.941 bits per heavy atom. The second kappa shape index (κ2) is 14.3. The summed E-state index contributed by atoms with van der Waals surface area (Å²) in [5.41, 5.74) is 2.62. The molecule has 0 spiro atoms. The van der Waals surface area contributed by atoms with Crippen molar-refractivity contribution in [1.29, 1.82) is 0 Å². The van der Waals surface area contributed by atoms with Crippen LogP contribution < -0.4 is 4.74 Å². The van der Waals surface area contributed by atoms with Gasteiger partial charge in [0.2, 0.25) is 0 Å². The van der Waals surface area contributed by atoms with Crippen LogP contribution in [-0.4, -0.2) is 65.5 Å². The minimum absolute atomic E-state index is 0.0698. The first-order valence-electron chi connectivity index (χ1n) is 19.7. The molecule has 0 heterocycles. The normalized spacial score (nSPS) is 34.4. The highest BCUT2D eigenvalue weighted by Gasteiger charge is 2.59. The van der Waals surface area contributed by atoms with Gasteiger partial charge in [0.25, 0.3) is 0 Å². The number of aliphatic hydroxyl groups excluding tert-OH is 1. The molecule has 4 unspecified atom stereocenters. The molecule has 5 fully saturated rings. The Kier molecular flexibility index (Phi) is 10.2. The van der Waals surface area contributed by atoms with E-state index in [-0.39, 0.29) is 29.8 Å². The van der Waals surface area contributed by atoms with E-state index in [2.05, 4.69) is 32.1 Å². The number of nitrogens with zero attached hydrogens (tertiary/aromatic N) is 1. The van der Waals surface area contributed by atoms with Crippen molar-refractivity contribution in [2.24, 2.45) is 28.6 Å². The minimum atomic E-state index is -1.18. The summed E-state index contributed by atoms with van der Waals surface area (Å²) in [5, 5.41) is 24.1. The van der Waals surface area contributed by atoms with E-state index < -0.39 is 17.1 Å². The van der Waals surface area contributed by atoms with E-state index >= 15 is 0 Å². The Bertz CT molecular complexity index is 1600. The lowest BCUT2D eigenvalue weighted by atomic mass is 9.49. The van der Waals surface area contributed by atoms with Crippen LogP contribution in [0.1, 0.15) is 131 Å². The van der Waals surface area contributed by atoms with Crippen molar-refractivity contribution < 1.29 is 29.3 Å². The zero-order valence-electron chi connectivity index (χ0n) is 31.3. The summed E-state index contributed by atoms with van der Waals surface area (Å²) in [6, 6.07) is 13.4. The van der Waals surface area contributed by atoms with Crippen LogP contribution in [0.15, 0.2) is 54.1 Å². The van der Waals surface area contributed by atoms with Crippen LogP contribution in [0.25, 0.3) is 0 Å². The summed E-state index contributed by atoms with van der Waals surface area (Å²) in [7, 11) is 1.61. The van der Waals surface area contributed by atoms with E-state index in [9.17, 15) is 19.8 Å². The second-order valence-electron chi connectivity index (χ2n) is 17.5. The molecule has 0 aliphatic heterocycles. The van der Waals surface area contributed by atoms with Gasteiger partial charge in [-0.25, -0.2) is 4.79 Å². The maximum absolute atomic E-state index is 14.4. The predicted molar refractivity (Wildman–Crippen MR) is 199 cm³/mol. The fourth-order valence-electron chi connectivity index (χ4n) is 11.7. The molecule has 2 aromatic rings. The molecule has 7 heteroatoms. The number of carbonyl (C=O) groups excluding carboxylic acids is 2. The summed E-state index contributed by atoms with van der Waals surface area (Å²) in [6.45, 7) is 7.37. The summed E-state index contributed by atoms with van der Waals surface area (Å²) in [6.07, 6.45) is 13.6. The molecule has 7 nitrogen and oxygen atoms in total. The Morgan fingerprint density at radius 3 is 2.27 bits per heavy atom. The van der Waals surface area contributed by atoms with E-state index in [4.69, 9.17) is 9.47 Å². The van der Waals surface area contributed by atoms with Crippen LogP contribution in [0.3, 0.4) is 0 Å². The third kappa shape index (κ3) is 7.14. The lowest BCUT2D eigenvalue weighted by Gasteiger charge is -2.58. The van der Waals surface area contributed by atoms with Crippen molar-refractivity contribution in [3.8, 4) is 5.75 Å². The van der Waals surface area contributed by atoms with Gasteiger partial charge in [0.05, 0.1) is 32.0 Å². The Morgan fingerprint density at radius 2 is 1.63 bits per heavy atom. The van der Waals surface area contributed by atoms with Crippen LogP contribution in [-0.2, 0) is 11.2 Å². The molecule has 0 aromatic heterocycles. The van der Waals surface area contributed by atoms with Gasteiger partial charge < -0.3 is 24.6 Å². The first kappa shape index (κ1) is 36.2. The van der Waals surface area contributed by atoms with Crippen LogP contribution >= 0.6 is 0 Å². The molecule has 51 heavy (non-hydrogen) atoms. The standard InChI is InChI=1S/C44H59NO6/c1-5-51-41(48)45(27-43-24-31-19-32(25-43)21-33(20-31)26-43)28-44(49)18-16-39-37-15-9-30(22-35(46)12-8-29(2)7-6-17-42(39,44)3)23-38(37)40(47)34-10-13-36(50-4)14-11-34/h7,9-11,13-15,23,31-33,35,39,46,49H,5-6,8,12,16-22,24-28H2,1-4H3. The van der Waals surface area contributed by atoms with E-state index in [0.717, 1.165) is 41.7 Å². The molecule has 0 radical (unpaired) electrons. The van der Waals surface area contributed by atoms with Gasteiger partial charge in [0, 0.05) is 23.1 Å². The van der Waals surface area contributed by atoms with Gasteiger partial charge in [-0.1, -0.05) is 30.7 Å². The number of fused-ring (bicyclic) bond motifs is 8. The van der Waals surface area contributed by atoms with E-state index in [1.165, 1.54) is 44.1 Å². The molecule has 7 aliphatic carbocycles. The molecule has 9 rings (SSSR count). The smallest absolute Gasteiger partial charge is 0.409 e. The zero-order valence-corrected chi connectivity index (χ0v) is 31.3. The maximum Gasteiger partial charge on any atom is 0.409 e. The van der Waals surface area contributed by atoms with Crippen molar-refractivity contribution in [2.45, 2.75) is 122 Å². The molecule has 2 aromatic carbocycles. The molecule has 6 bridgehead atoms. The lowest BCUT2D eigenvalue weighted by molar-refractivity contribution is -0.103. The highest BCUT2D eigenvalue weighted by molar-refractivity contribution is 6.10. The van der Waals surface area contributed by atoms with Crippen molar-refractivity contribution in [3.05, 3.63) is 76.4 Å². The summed E-state index contributed by atoms with van der Waals surface area (Å²) >= 11 is 0. The van der Waals surface area contributed by atoms with Gasteiger partial charge in [0.1, 0.15) is 5.75 Å². The highest BCUT2D eigenvalue weighted by Crippen LogP contribution is 2.62. The first-order valence-corrected chi connectivity index (χ1v) is 19.7. The number of aliphatic hydroxyl groups is 2. The van der Waals surface area contributed by atoms with Crippen molar-refractivity contribution in [3.63, 3.8) is 0 Å². The quantitative estimate of drug-likeness (QED) is 0.212. The molecular weight excluding hydrogens is 638 g/mol. The summed E-state index contributed by atoms with van der Waals surface area (Å²) < 4.78 is 11.1. The molecule has 7 aliphatic rings. The monoisotopic (exact) mass is 697 g/mol. The zero-order chi connectivity index (χ0) is 36.0. The first-order chi connectivity index (χ1) is 24.4. The van der Waals surface area contributed by atoms with Crippen LogP contribution in [0.4, 0.5) is 4.79 Å². The predicted octanol–water partition coefficient (Wildman–Crippen LogP) is 8.64. The molecule has 5 saturated carbocycles. The fourth-order valence-corrected chi connectivity index (χ4v) is 11.7. The number of rotatable bonds is 8. The second-order valence-corrected chi connectivity index (χ2v) is 17.5. The number of hydrogen-bond donors (Lipinski definition) is 2. The van der Waals surface area contributed by atoms with Gasteiger partial charge in [0.15, 0.2) is 5.78 Å². The van der Waals surface area contributed by atoms with Gasteiger partial charge >= 0.3 is 6.09 Å². The third-order valence-corrected chi connectivity index (χ3v) is 13.9. The van der Waals surface area contributed by atoms with Crippen LogP contribution in [0, 0.1) is 28.6 Å². The molecule has 0 saturated heterocycles. The van der Waals surface area contributed by atoms with Crippen molar-refractivity contribution >= 4 is 11.9 Å². The molecule has 4 atom stereocenters. The minimum Gasteiger partial charge on any atom is -0.497 e. The number of hydrogen-bond acceptors (Lipinski definition) is 6. The van der Waals surface area contributed by atoms with Crippen molar-refractivity contribution in [2.75, 3.05) is 26.8 Å². The average Bonchev–Trinajstić information content (AvgIpc) is 3.34. The number of carbonyl (C=O) groups is 2. The number of allylic oxidation sites excluding steroid dienone is 2. The van der Waals surface area contributed by atoms with Gasteiger partial charge in [-0.2, -0.15) is 0 Å². The van der Waals surface area contributed by atoms with Crippen LogP contribution in [0.2, 0.25) is 0 Å². The SMILES string of the molecule is CCOC(=O)N(CC12CC3CC(CC(C3)C1)C2)CC1(O)CCC2c3ccc(cc3C(=O)c3ccc(OC)cc3)CC(O)CCC(C)=CCCC21C. The van der Waals surface area contributed by atoms with E-state index in [1.807, 2.05) is 42.2 Å². The average molecular weight is 698 g/mol. The van der Waals surface area contributed by atoms with Gasteiger partial charge in [-0.3, -0.25) is 4.79 Å². The Labute approximate surface area is 304 Å².